The molecule has 1 N–H and O–H groups in total. The lowest BCUT2D eigenvalue weighted by atomic mass is 9.79. The van der Waals surface area contributed by atoms with Gasteiger partial charge >= 0.3 is 0 Å². The highest BCUT2D eigenvalue weighted by Crippen LogP contribution is 2.45. The highest BCUT2D eigenvalue weighted by Gasteiger charge is 2.29. The van der Waals surface area contributed by atoms with Crippen molar-refractivity contribution in [1.29, 1.82) is 0 Å². The molecule has 0 atom stereocenters. The molecule has 0 bridgehead atoms. The van der Waals surface area contributed by atoms with Crippen LogP contribution >= 0.6 is 0 Å². The lowest BCUT2D eigenvalue weighted by Crippen LogP contribution is -2.17. The van der Waals surface area contributed by atoms with Crippen LogP contribution in [-0.4, -0.2) is 19.6 Å². The second-order valence-corrected chi connectivity index (χ2v) is 19.5. The number of fused-ring (bicyclic) bond motifs is 1. The van der Waals surface area contributed by atoms with Gasteiger partial charge in [0.05, 0.1) is 22.3 Å². The quantitative estimate of drug-likeness (QED) is 0.183. The number of phenols is 1. The molecule has 0 aliphatic heterocycles. The molecule has 0 saturated heterocycles. The van der Waals surface area contributed by atoms with Gasteiger partial charge in [-0.2, -0.15) is 0 Å². The highest BCUT2D eigenvalue weighted by molar-refractivity contribution is 5.97. The van der Waals surface area contributed by atoms with Gasteiger partial charge < -0.3 is 5.11 Å². The third-order valence-electron chi connectivity index (χ3n) is 12.0. The molecule has 0 unspecified atom stereocenters. The van der Waals surface area contributed by atoms with Gasteiger partial charge in [-0.3, -0.25) is 9.55 Å². The van der Waals surface area contributed by atoms with E-state index in [9.17, 15) is 5.11 Å². The van der Waals surface area contributed by atoms with Crippen molar-refractivity contribution >= 4 is 11.0 Å². The number of nitrogens with zero attached hydrogens (tertiary/aromatic N) is 3. The molecule has 0 aliphatic rings. The van der Waals surface area contributed by atoms with Crippen LogP contribution in [0.25, 0.3) is 72.7 Å². The third kappa shape index (κ3) is 7.68. The van der Waals surface area contributed by atoms with Gasteiger partial charge in [-0.05, 0) is 129 Å². The smallest absolute Gasteiger partial charge is 0.149 e. The number of hydrogen-bond donors (Lipinski definition) is 1. The van der Waals surface area contributed by atoms with Crippen LogP contribution in [0.1, 0.15) is 90.1 Å². The SMILES string of the molecule is Cc1cc(-n2c(-c3cc(C(C)(C)C)cc(C(C)(C)C)c3O)nc3c(-c4cc(-c5cc(-c6ccccc6)ccn5)cc(C(C)(C)C)c4)cccc32)cc(-c2ccccc2)c1C. The molecule has 8 aromatic rings. The van der Waals surface area contributed by atoms with Gasteiger partial charge in [0.1, 0.15) is 11.6 Å². The van der Waals surface area contributed by atoms with Crippen molar-refractivity contribution in [3.05, 3.63) is 167 Å². The summed E-state index contributed by atoms with van der Waals surface area (Å²) in [6, 6.07) is 47.6. The third-order valence-corrected chi connectivity index (χ3v) is 12.0. The molecule has 0 aliphatic carbocycles. The normalized spacial score (nSPS) is 12.3. The number of imidazole rings is 1. The van der Waals surface area contributed by atoms with E-state index in [4.69, 9.17) is 9.97 Å². The molecule has 6 aromatic carbocycles. The Hall–Kier alpha value is -6.26. The molecule has 0 fully saturated rings. The first-order chi connectivity index (χ1) is 28.4. The Balaban J connectivity index is 1.44. The molecular formula is C56H57N3O. The number of hydrogen-bond acceptors (Lipinski definition) is 3. The summed E-state index contributed by atoms with van der Waals surface area (Å²) in [4.78, 5) is 10.6. The Bertz CT molecular complexity index is 2880. The van der Waals surface area contributed by atoms with Gasteiger partial charge in [0.2, 0.25) is 0 Å². The fourth-order valence-corrected chi connectivity index (χ4v) is 8.23. The Morgan fingerprint density at radius 3 is 1.78 bits per heavy atom. The molecule has 2 heterocycles. The van der Waals surface area contributed by atoms with Crippen molar-refractivity contribution in [2.24, 2.45) is 0 Å². The van der Waals surface area contributed by atoms with Crippen LogP contribution < -0.4 is 0 Å². The first-order valence-electron chi connectivity index (χ1n) is 21.1. The molecule has 0 amide bonds. The van der Waals surface area contributed by atoms with E-state index in [2.05, 4.69) is 208 Å². The highest BCUT2D eigenvalue weighted by atomic mass is 16.3. The van der Waals surface area contributed by atoms with Gasteiger partial charge in [0.15, 0.2) is 0 Å². The molecule has 0 radical (unpaired) electrons. The van der Waals surface area contributed by atoms with Crippen molar-refractivity contribution in [3.8, 4) is 67.5 Å². The largest absolute Gasteiger partial charge is 0.507 e. The fourth-order valence-electron chi connectivity index (χ4n) is 8.23. The molecule has 0 spiro atoms. The topological polar surface area (TPSA) is 50.9 Å². The molecule has 2 aromatic heterocycles. The number of rotatable bonds is 6. The van der Waals surface area contributed by atoms with E-state index in [1.807, 2.05) is 12.3 Å². The number of aromatic nitrogens is 3. The lowest BCUT2D eigenvalue weighted by molar-refractivity contribution is 0.446. The molecular weight excluding hydrogens is 731 g/mol. The summed E-state index contributed by atoms with van der Waals surface area (Å²) in [5.74, 6) is 0.973. The lowest BCUT2D eigenvalue weighted by Gasteiger charge is -2.27. The average Bonchev–Trinajstić information content (AvgIpc) is 3.61. The summed E-state index contributed by atoms with van der Waals surface area (Å²) < 4.78 is 2.27. The number of phenolic OH excluding ortho intramolecular Hbond substituents is 1. The van der Waals surface area contributed by atoms with E-state index in [0.29, 0.717) is 5.82 Å². The van der Waals surface area contributed by atoms with Gasteiger partial charge in [0, 0.05) is 28.6 Å². The second-order valence-electron chi connectivity index (χ2n) is 19.5. The van der Waals surface area contributed by atoms with Crippen LogP contribution in [0.2, 0.25) is 0 Å². The maximum atomic E-state index is 12.4. The van der Waals surface area contributed by atoms with Crippen LogP contribution in [0, 0.1) is 13.8 Å². The minimum absolute atomic E-state index is 0.129. The van der Waals surface area contributed by atoms with Gasteiger partial charge in [-0.25, -0.2) is 4.98 Å². The van der Waals surface area contributed by atoms with Gasteiger partial charge in [-0.1, -0.05) is 147 Å². The summed E-state index contributed by atoms with van der Waals surface area (Å²) in [5, 5.41) is 12.4. The predicted octanol–water partition coefficient (Wildman–Crippen LogP) is 15.0. The molecule has 0 saturated carbocycles. The van der Waals surface area contributed by atoms with E-state index >= 15 is 0 Å². The molecule has 8 rings (SSSR count). The summed E-state index contributed by atoms with van der Waals surface area (Å²) >= 11 is 0. The van der Waals surface area contributed by atoms with Crippen molar-refractivity contribution in [1.82, 2.24) is 14.5 Å². The Kier molecular flexibility index (Phi) is 10.2. The molecule has 302 valence electrons. The van der Waals surface area contributed by atoms with Crippen LogP contribution in [0.5, 0.6) is 5.75 Å². The first kappa shape index (κ1) is 40.5. The van der Waals surface area contributed by atoms with Gasteiger partial charge in [0.25, 0.3) is 0 Å². The van der Waals surface area contributed by atoms with Crippen LogP contribution in [0.3, 0.4) is 0 Å². The van der Waals surface area contributed by atoms with Crippen LogP contribution in [0.15, 0.2) is 140 Å². The Morgan fingerprint density at radius 1 is 0.500 bits per heavy atom. The van der Waals surface area contributed by atoms with E-state index in [-0.39, 0.29) is 22.0 Å². The minimum Gasteiger partial charge on any atom is -0.507 e. The number of pyridine rings is 1. The summed E-state index contributed by atoms with van der Waals surface area (Å²) in [6.45, 7) is 24.4. The summed E-state index contributed by atoms with van der Waals surface area (Å²) in [5.41, 5.74) is 17.3. The summed E-state index contributed by atoms with van der Waals surface area (Å²) in [6.07, 6.45) is 1.91. The number of aromatic hydroxyl groups is 1. The average molecular weight is 788 g/mol. The number of benzene rings is 6. The minimum atomic E-state index is -0.307. The van der Waals surface area contributed by atoms with E-state index in [0.717, 1.165) is 72.5 Å². The first-order valence-corrected chi connectivity index (χ1v) is 21.1. The monoisotopic (exact) mass is 787 g/mol. The van der Waals surface area contributed by atoms with Crippen molar-refractivity contribution in [3.63, 3.8) is 0 Å². The number of para-hydroxylation sites is 1. The standard InChI is InChI=1S/C56H57N3O/c1-35-27-44(34-46(36(35)2)38-21-16-13-17-22-38)59-50-24-18-23-45(51(50)58-53(59)47-32-43(55(6,7)8)33-48(52(47)60)56(9,10)11)40-28-41(30-42(29-40)54(3,4)5)49-31-39(25-26-57-49)37-19-14-12-15-20-37/h12-34,60H,1-11H3. The van der Waals surface area contributed by atoms with Crippen molar-refractivity contribution in [2.75, 3.05) is 0 Å². The van der Waals surface area contributed by atoms with Crippen LogP contribution in [-0.2, 0) is 16.2 Å². The number of aryl methyl sites for hydroxylation is 1. The predicted molar refractivity (Wildman–Crippen MR) is 253 cm³/mol. The Labute approximate surface area is 356 Å². The zero-order chi connectivity index (χ0) is 42.7. The molecule has 4 nitrogen and oxygen atoms in total. The van der Waals surface area contributed by atoms with Gasteiger partial charge in [-0.15, -0.1) is 0 Å². The molecule has 4 heteroatoms. The second kappa shape index (κ2) is 15.1. The van der Waals surface area contributed by atoms with Crippen molar-refractivity contribution in [2.45, 2.75) is 92.4 Å². The molecule has 60 heavy (non-hydrogen) atoms. The van der Waals surface area contributed by atoms with E-state index < -0.39 is 0 Å². The summed E-state index contributed by atoms with van der Waals surface area (Å²) in [7, 11) is 0. The van der Waals surface area contributed by atoms with Crippen LogP contribution in [0.4, 0.5) is 0 Å². The van der Waals surface area contributed by atoms with E-state index in [1.165, 1.54) is 22.3 Å². The zero-order valence-corrected chi connectivity index (χ0v) is 37.1. The zero-order valence-electron chi connectivity index (χ0n) is 37.1. The maximum Gasteiger partial charge on any atom is 0.149 e. The fraction of sp³-hybridized carbons (Fsp3) is 0.250. The maximum absolute atomic E-state index is 12.4. The van der Waals surface area contributed by atoms with E-state index in [1.54, 1.807) is 0 Å². The van der Waals surface area contributed by atoms with Crippen molar-refractivity contribution < 1.29 is 5.11 Å². The Morgan fingerprint density at radius 2 is 1.13 bits per heavy atom.